The van der Waals surface area contributed by atoms with E-state index in [1.54, 1.807) is 6.20 Å². The van der Waals surface area contributed by atoms with E-state index in [1.165, 1.54) is 37.1 Å². The number of hydrogen-bond acceptors (Lipinski definition) is 5. The van der Waals surface area contributed by atoms with Crippen LogP contribution in [0.5, 0.6) is 0 Å². The fourth-order valence-electron chi connectivity index (χ4n) is 4.67. The lowest BCUT2D eigenvalue weighted by atomic mass is 9.79. The van der Waals surface area contributed by atoms with Gasteiger partial charge in [0.05, 0.1) is 16.1 Å². The minimum absolute atomic E-state index is 0.0540. The summed E-state index contributed by atoms with van der Waals surface area (Å²) < 4.78 is 39.6. The van der Waals surface area contributed by atoms with Crippen LogP contribution in [0.2, 0.25) is 0 Å². The summed E-state index contributed by atoms with van der Waals surface area (Å²) in [5.41, 5.74) is 2.07. The second kappa shape index (κ2) is 6.88. The van der Waals surface area contributed by atoms with Gasteiger partial charge < -0.3 is 9.88 Å². The Kier molecular flexibility index (Phi) is 4.41. The van der Waals surface area contributed by atoms with E-state index in [0.717, 1.165) is 36.4 Å². The first-order valence-corrected chi connectivity index (χ1v) is 11.6. The monoisotopic (exact) mass is 427 g/mol. The van der Waals surface area contributed by atoms with Gasteiger partial charge in [-0.25, -0.2) is 22.9 Å². The van der Waals surface area contributed by atoms with Gasteiger partial charge in [0.2, 0.25) is 16.0 Å². The van der Waals surface area contributed by atoms with Crippen LogP contribution < -0.4 is 10.5 Å². The van der Waals surface area contributed by atoms with Crippen molar-refractivity contribution in [2.75, 3.05) is 5.32 Å². The Morgan fingerprint density at radius 2 is 1.97 bits per heavy atom. The largest absolute Gasteiger partial charge is 0.322 e. The van der Waals surface area contributed by atoms with Crippen LogP contribution in [0.25, 0.3) is 11.0 Å². The normalized spacial score (nSPS) is 17.9. The number of nitrogens with two attached hydrogens (primary N) is 1. The van der Waals surface area contributed by atoms with Crippen molar-refractivity contribution < 1.29 is 12.8 Å². The smallest absolute Gasteiger partial charge is 0.238 e. The summed E-state index contributed by atoms with van der Waals surface area (Å²) in [6, 6.07) is 5.58. The average molecular weight is 428 g/mol. The standard InChI is InChI=1S/C21H22FN5O2S/c22-17-12-16(30(23,28)29)6-7-18(17)25-20-24-13-14-11-15-5-4-10-21(8-2-1-3-9-21)27(15)19(14)26-20/h4,6-7,10-13H,1-3,5,8-9H2,(H2,23,28,29)(H,24,25,26). The molecule has 1 aliphatic heterocycles. The van der Waals surface area contributed by atoms with Crippen LogP contribution in [0, 0.1) is 5.82 Å². The lowest BCUT2D eigenvalue weighted by Crippen LogP contribution is -2.37. The Hall–Kier alpha value is -2.78. The number of rotatable bonds is 3. The quantitative estimate of drug-likeness (QED) is 0.620. The predicted molar refractivity (Wildman–Crippen MR) is 112 cm³/mol. The van der Waals surface area contributed by atoms with Gasteiger partial charge in [0.1, 0.15) is 11.5 Å². The van der Waals surface area contributed by atoms with E-state index in [1.807, 2.05) is 0 Å². The van der Waals surface area contributed by atoms with Gasteiger partial charge >= 0.3 is 0 Å². The van der Waals surface area contributed by atoms with Crippen LogP contribution in [-0.4, -0.2) is 23.0 Å². The number of aromatic nitrogens is 3. The zero-order chi connectivity index (χ0) is 20.9. The summed E-state index contributed by atoms with van der Waals surface area (Å²) in [6.07, 6.45) is 12.9. The highest BCUT2D eigenvalue weighted by atomic mass is 32.2. The molecule has 7 nitrogen and oxygen atoms in total. The number of halogens is 1. The number of allylic oxidation sites excluding steroid dienone is 2. The van der Waals surface area contributed by atoms with Gasteiger partial charge in [0.15, 0.2) is 0 Å². The van der Waals surface area contributed by atoms with Crippen LogP contribution in [0.15, 0.2) is 47.5 Å². The number of primary sulfonamides is 1. The molecular weight excluding hydrogens is 405 g/mol. The van der Waals surface area contributed by atoms with E-state index >= 15 is 0 Å². The molecular formula is C21H22FN5O2S. The van der Waals surface area contributed by atoms with Gasteiger partial charge in [-0.1, -0.05) is 31.4 Å². The maximum Gasteiger partial charge on any atom is 0.238 e. The fourth-order valence-corrected chi connectivity index (χ4v) is 5.20. The molecule has 0 saturated heterocycles. The second-order valence-corrected chi connectivity index (χ2v) is 9.59. The molecule has 0 amide bonds. The van der Waals surface area contributed by atoms with E-state index < -0.39 is 15.8 Å². The van der Waals surface area contributed by atoms with Crippen molar-refractivity contribution in [2.24, 2.45) is 5.14 Å². The van der Waals surface area contributed by atoms with Gasteiger partial charge in [0.25, 0.3) is 0 Å². The Balaban J connectivity index is 1.54. The molecule has 3 aromatic rings. The molecule has 156 valence electrons. The minimum Gasteiger partial charge on any atom is -0.322 e. The fraction of sp³-hybridized carbons (Fsp3) is 0.333. The van der Waals surface area contributed by atoms with Crippen LogP contribution >= 0.6 is 0 Å². The van der Waals surface area contributed by atoms with E-state index in [-0.39, 0.29) is 22.1 Å². The lowest BCUT2D eigenvalue weighted by molar-refractivity contribution is 0.253. The molecule has 30 heavy (non-hydrogen) atoms. The summed E-state index contributed by atoms with van der Waals surface area (Å²) in [4.78, 5) is 8.75. The van der Waals surface area contributed by atoms with Crippen LogP contribution in [-0.2, 0) is 22.0 Å². The van der Waals surface area contributed by atoms with Gasteiger partial charge in [0, 0.05) is 23.7 Å². The minimum atomic E-state index is -3.97. The maximum absolute atomic E-state index is 14.4. The van der Waals surface area contributed by atoms with Gasteiger partial charge in [-0.05, 0) is 37.1 Å². The molecule has 0 bridgehead atoms. The van der Waals surface area contributed by atoms with E-state index in [0.29, 0.717) is 0 Å². The number of nitrogens with one attached hydrogen (secondary N) is 1. The molecule has 9 heteroatoms. The molecule has 3 N–H and O–H groups in total. The molecule has 1 fully saturated rings. The number of hydrogen-bond donors (Lipinski definition) is 2. The van der Waals surface area contributed by atoms with Gasteiger partial charge in [-0.15, -0.1) is 0 Å². The van der Waals surface area contributed by atoms with Crippen LogP contribution in [0.4, 0.5) is 16.0 Å². The van der Waals surface area contributed by atoms with Crippen molar-refractivity contribution in [1.82, 2.24) is 14.5 Å². The zero-order valence-corrected chi connectivity index (χ0v) is 17.1. The molecule has 0 unspecified atom stereocenters. The molecule has 2 aromatic heterocycles. The number of nitrogens with zero attached hydrogens (tertiary/aromatic N) is 3. The molecule has 0 radical (unpaired) electrons. The third-order valence-electron chi connectivity index (χ3n) is 6.05. The third-order valence-corrected chi connectivity index (χ3v) is 6.96. The highest BCUT2D eigenvalue weighted by Crippen LogP contribution is 2.42. The van der Waals surface area contributed by atoms with E-state index in [9.17, 15) is 12.8 Å². The number of sulfonamides is 1. The summed E-state index contributed by atoms with van der Waals surface area (Å²) >= 11 is 0. The Bertz CT molecular complexity index is 1280. The molecule has 1 aromatic carbocycles. The van der Waals surface area contributed by atoms with Crippen LogP contribution in [0.1, 0.15) is 37.8 Å². The third kappa shape index (κ3) is 3.18. The van der Waals surface area contributed by atoms with Crippen molar-refractivity contribution in [2.45, 2.75) is 49.0 Å². The number of fused-ring (bicyclic) bond motifs is 4. The first-order valence-electron chi connectivity index (χ1n) is 10.0. The Labute approximate surface area is 173 Å². The maximum atomic E-state index is 14.4. The first-order chi connectivity index (χ1) is 14.4. The van der Waals surface area contributed by atoms with Crippen molar-refractivity contribution in [3.63, 3.8) is 0 Å². The molecule has 3 heterocycles. The summed E-state index contributed by atoms with van der Waals surface area (Å²) in [5, 5.41) is 8.88. The van der Waals surface area contributed by atoms with Crippen LogP contribution in [0.3, 0.4) is 0 Å². The Morgan fingerprint density at radius 1 is 1.17 bits per heavy atom. The summed E-state index contributed by atoms with van der Waals surface area (Å²) in [6.45, 7) is 0. The average Bonchev–Trinajstić information content (AvgIpc) is 3.09. The van der Waals surface area contributed by atoms with Crippen molar-refractivity contribution in [3.05, 3.63) is 54.1 Å². The second-order valence-electron chi connectivity index (χ2n) is 8.03. The number of anilines is 2. The lowest BCUT2D eigenvalue weighted by Gasteiger charge is -2.40. The van der Waals surface area contributed by atoms with Crippen molar-refractivity contribution in [1.29, 1.82) is 0 Å². The molecule has 1 aliphatic carbocycles. The van der Waals surface area contributed by atoms with Gasteiger partial charge in [-0.3, -0.25) is 0 Å². The highest BCUT2D eigenvalue weighted by Gasteiger charge is 2.36. The zero-order valence-electron chi connectivity index (χ0n) is 16.3. The SMILES string of the molecule is NS(=O)(=O)c1ccc(Nc2ncc3cc4n(c3n2)C2(C=CC4)CCCCC2)c(F)c1. The van der Waals surface area contributed by atoms with Crippen molar-refractivity contribution in [3.8, 4) is 0 Å². The molecule has 0 atom stereocenters. The molecule has 1 saturated carbocycles. The predicted octanol–water partition coefficient (Wildman–Crippen LogP) is 3.73. The molecule has 1 spiro atoms. The summed E-state index contributed by atoms with van der Waals surface area (Å²) in [7, 11) is -3.97. The first kappa shape index (κ1) is 19.2. The van der Waals surface area contributed by atoms with Crippen molar-refractivity contribution >= 4 is 32.7 Å². The number of benzene rings is 1. The van der Waals surface area contributed by atoms with Gasteiger partial charge in [-0.2, -0.15) is 4.98 Å². The molecule has 5 rings (SSSR count). The Morgan fingerprint density at radius 3 is 2.70 bits per heavy atom. The topological polar surface area (TPSA) is 103 Å². The summed E-state index contributed by atoms with van der Waals surface area (Å²) in [5.74, 6) is -0.486. The van der Waals surface area contributed by atoms with E-state index in [2.05, 4.69) is 33.1 Å². The highest BCUT2D eigenvalue weighted by molar-refractivity contribution is 7.89. The van der Waals surface area contributed by atoms with E-state index in [4.69, 9.17) is 10.1 Å². The molecule has 2 aliphatic rings.